The van der Waals surface area contributed by atoms with Gasteiger partial charge >= 0.3 is 0 Å². The van der Waals surface area contributed by atoms with Gasteiger partial charge < -0.3 is 5.73 Å². The number of rotatable bonds is 4. The summed E-state index contributed by atoms with van der Waals surface area (Å²) in [6, 6.07) is 4.15. The van der Waals surface area contributed by atoms with E-state index >= 15 is 0 Å². The minimum atomic E-state index is -3.82. The molecule has 0 bridgehead atoms. The van der Waals surface area contributed by atoms with Crippen LogP contribution >= 0.6 is 0 Å². The average Bonchev–Trinajstić information content (AvgIpc) is 2.30. The maximum atomic E-state index is 13.5. The van der Waals surface area contributed by atoms with Crippen molar-refractivity contribution in [3.8, 4) is 6.07 Å². The molecule has 2 N–H and O–H groups in total. The first kappa shape index (κ1) is 14.4. The van der Waals surface area contributed by atoms with Crippen molar-refractivity contribution in [1.82, 2.24) is 4.31 Å². The predicted octanol–water partition coefficient (Wildman–Crippen LogP) is 1.25. The molecular formula is C11H14FN3O2S. The van der Waals surface area contributed by atoms with Crippen LogP contribution in [0.25, 0.3) is 0 Å². The first-order chi connectivity index (χ1) is 8.30. The molecule has 18 heavy (non-hydrogen) atoms. The molecule has 0 heterocycles. The third kappa shape index (κ3) is 2.78. The van der Waals surface area contributed by atoms with E-state index in [9.17, 15) is 12.8 Å². The van der Waals surface area contributed by atoms with Crippen LogP contribution in [-0.4, -0.2) is 26.3 Å². The molecule has 0 radical (unpaired) electrons. The molecule has 1 aromatic rings. The molecule has 0 spiro atoms. The zero-order valence-electron chi connectivity index (χ0n) is 10.1. The summed E-state index contributed by atoms with van der Waals surface area (Å²) in [4.78, 5) is -0.166. The van der Waals surface area contributed by atoms with Crippen molar-refractivity contribution >= 4 is 15.7 Å². The first-order valence-corrected chi connectivity index (χ1v) is 6.63. The summed E-state index contributed by atoms with van der Waals surface area (Å²) in [5, 5.41) is 8.44. The Kier molecular flexibility index (Phi) is 4.27. The quantitative estimate of drug-likeness (QED) is 0.835. The van der Waals surface area contributed by atoms with E-state index in [1.54, 1.807) is 0 Å². The maximum Gasteiger partial charge on any atom is 0.243 e. The second-order valence-corrected chi connectivity index (χ2v) is 5.87. The number of nitriles is 1. The number of hydrogen-bond acceptors (Lipinski definition) is 4. The van der Waals surface area contributed by atoms with Gasteiger partial charge in [0.05, 0.1) is 11.0 Å². The van der Waals surface area contributed by atoms with Gasteiger partial charge in [0.15, 0.2) is 0 Å². The van der Waals surface area contributed by atoms with Gasteiger partial charge in [0.25, 0.3) is 0 Å². The van der Waals surface area contributed by atoms with Crippen LogP contribution in [0.4, 0.5) is 10.1 Å². The average molecular weight is 271 g/mol. The van der Waals surface area contributed by atoms with Crippen LogP contribution in [0.2, 0.25) is 0 Å². The predicted molar refractivity (Wildman–Crippen MR) is 65.6 cm³/mol. The summed E-state index contributed by atoms with van der Waals surface area (Å²) in [5.74, 6) is -0.665. The summed E-state index contributed by atoms with van der Waals surface area (Å²) < 4.78 is 38.8. The van der Waals surface area contributed by atoms with Gasteiger partial charge in [-0.25, -0.2) is 12.8 Å². The number of anilines is 1. The molecule has 0 atom stereocenters. The number of hydrogen-bond donors (Lipinski definition) is 1. The molecule has 5 nitrogen and oxygen atoms in total. The van der Waals surface area contributed by atoms with Crippen LogP contribution in [0.5, 0.6) is 0 Å². The lowest BCUT2D eigenvalue weighted by atomic mass is 10.2. The summed E-state index contributed by atoms with van der Waals surface area (Å²) in [6.07, 6.45) is 0.0690. The van der Waals surface area contributed by atoms with Crippen LogP contribution in [0.15, 0.2) is 17.0 Å². The van der Waals surface area contributed by atoms with Crippen molar-refractivity contribution in [3.63, 3.8) is 0 Å². The fourth-order valence-electron chi connectivity index (χ4n) is 1.44. The molecule has 1 rings (SSSR count). The molecule has 0 aliphatic rings. The van der Waals surface area contributed by atoms with E-state index in [4.69, 9.17) is 11.0 Å². The molecule has 0 unspecified atom stereocenters. The van der Waals surface area contributed by atoms with E-state index in [0.29, 0.717) is 0 Å². The summed E-state index contributed by atoms with van der Waals surface area (Å²) in [5.41, 5.74) is 5.52. The smallest absolute Gasteiger partial charge is 0.243 e. The van der Waals surface area contributed by atoms with E-state index < -0.39 is 15.8 Å². The number of nitrogen functional groups attached to an aromatic ring is 1. The van der Waals surface area contributed by atoms with Crippen molar-refractivity contribution in [2.75, 3.05) is 19.3 Å². The third-order valence-electron chi connectivity index (χ3n) is 2.55. The Labute approximate surface area is 106 Å². The maximum absolute atomic E-state index is 13.5. The Balaban J connectivity index is 3.25. The Bertz CT molecular complexity index is 593. The summed E-state index contributed by atoms with van der Waals surface area (Å²) in [7, 11) is -2.48. The number of halogens is 1. The second-order valence-electron chi connectivity index (χ2n) is 3.86. The molecule has 0 saturated heterocycles. The van der Waals surface area contributed by atoms with Crippen molar-refractivity contribution in [3.05, 3.63) is 23.5 Å². The van der Waals surface area contributed by atoms with E-state index in [1.807, 2.05) is 6.07 Å². The van der Waals surface area contributed by atoms with E-state index in [2.05, 4.69) is 0 Å². The van der Waals surface area contributed by atoms with Gasteiger partial charge in [0.1, 0.15) is 5.82 Å². The molecular weight excluding hydrogens is 257 g/mol. The Morgan fingerprint density at radius 2 is 2.11 bits per heavy atom. The fraction of sp³-hybridized carbons (Fsp3) is 0.364. The minimum absolute atomic E-state index is 0.0213. The topological polar surface area (TPSA) is 87.2 Å². The largest absolute Gasteiger partial charge is 0.399 e. The zero-order chi connectivity index (χ0) is 13.9. The molecule has 0 aliphatic carbocycles. The van der Waals surface area contributed by atoms with Gasteiger partial charge in [-0.2, -0.15) is 9.57 Å². The monoisotopic (exact) mass is 271 g/mol. The van der Waals surface area contributed by atoms with Crippen molar-refractivity contribution < 1.29 is 12.8 Å². The first-order valence-electron chi connectivity index (χ1n) is 5.19. The zero-order valence-corrected chi connectivity index (χ0v) is 11.0. The molecule has 1 aromatic carbocycles. The van der Waals surface area contributed by atoms with Gasteiger partial charge in [-0.15, -0.1) is 0 Å². The van der Waals surface area contributed by atoms with Gasteiger partial charge in [-0.05, 0) is 19.1 Å². The Morgan fingerprint density at radius 3 is 2.67 bits per heavy atom. The fourth-order valence-corrected chi connectivity index (χ4v) is 2.87. The molecule has 98 valence electrons. The highest BCUT2D eigenvalue weighted by atomic mass is 32.2. The van der Waals surface area contributed by atoms with Crippen LogP contribution < -0.4 is 5.73 Å². The van der Waals surface area contributed by atoms with Crippen LogP contribution in [0.3, 0.4) is 0 Å². The van der Waals surface area contributed by atoms with Gasteiger partial charge in [0.2, 0.25) is 10.0 Å². The van der Waals surface area contributed by atoms with E-state index in [0.717, 1.165) is 10.4 Å². The number of nitrogens with two attached hydrogens (primary N) is 1. The molecule has 0 aromatic heterocycles. The van der Waals surface area contributed by atoms with Gasteiger partial charge in [-0.3, -0.25) is 0 Å². The lowest BCUT2D eigenvalue weighted by molar-refractivity contribution is 0.475. The van der Waals surface area contributed by atoms with Crippen molar-refractivity contribution in [1.29, 1.82) is 5.26 Å². The van der Waals surface area contributed by atoms with Crippen molar-refractivity contribution in [2.45, 2.75) is 18.2 Å². The lowest BCUT2D eigenvalue weighted by Gasteiger charge is -2.17. The molecule has 0 fully saturated rings. The van der Waals surface area contributed by atoms with E-state index in [1.165, 1.54) is 20.0 Å². The molecule has 0 amide bonds. The van der Waals surface area contributed by atoms with E-state index in [-0.39, 0.29) is 29.1 Å². The number of nitrogens with zero attached hydrogens (tertiary/aromatic N) is 2. The highest BCUT2D eigenvalue weighted by Gasteiger charge is 2.24. The standard InChI is InChI=1S/C11H14FN3O2S/c1-8-10(12)6-9(14)7-11(8)18(16,17)15(2)5-3-4-13/h6-7H,3,5,14H2,1-2H3. The molecule has 7 heteroatoms. The summed E-state index contributed by atoms with van der Waals surface area (Å²) >= 11 is 0. The molecule has 0 saturated carbocycles. The Hall–Kier alpha value is -1.65. The number of sulfonamides is 1. The third-order valence-corrected chi connectivity index (χ3v) is 4.53. The van der Waals surface area contributed by atoms with Crippen molar-refractivity contribution in [2.24, 2.45) is 0 Å². The lowest BCUT2D eigenvalue weighted by Crippen LogP contribution is -2.28. The van der Waals surface area contributed by atoms with Gasteiger partial charge in [0, 0.05) is 31.3 Å². The highest BCUT2D eigenvalue weighted by molar-refractivity contribution is 7.89. The van der Waals surface area contributed by atoms with Crippen LogP contribution in [0.1, 0.15) is 12.0 Å². The number of benzene rings is 1. The minimum Gasteiger partial charge on any atom is -0.399 e. The van der Waals surface area contributed by atoms with Crippen LogP contribution in [-0.2, 0) is 10.0 Å². The highest BCUT2D eigenvalue weighted by Crippen LogP contribution is 2.24. The SMILES string of the molecule is Cc1c(F)cc(N)cc1S(=O)(=O)N(C)CCC#N. The summed E-state index contributed by atoms with van der Waals surface area (Å²) in [6.45, 7) is 1.43. The van der Waals surface area contributed by atoms with Crippen LogP contribution in [0, 0.1) is 24.1 Å². The molecule has 0 aliphatic heterocycles. The van der Waals surface area contributed by atoms with Gasteiger partial charge in [-0.1, -0.05) is 0 Å². The Morgan fingerprint density at radius 1 is 1.50 bits per heavy atom. The normalized spacial score (nSPS) is 11.5. The second kappa shape index (κ2) is 5.33.